The van der Waals surface area contributed by atoms with Crippen LogP contribution in [0.3, 0.4) is 0 Å². The molecular weight excluding hydrogens is 202 g/mol. The maximum Gasteiger partial charge on any atom is 0.191 e. The lowest BCUT2D eigenvalue weighted by atomic mass is 10.2. The third-order valence-electron chi connectivity index (χ3n) is 2.32. The first-order valence-corrected chi connectivity index (χ1v) is 5.94. The van der Waals surface area contributed by atoms with Gasteiger partial charge in [-0.3, -0.25) is 0 Å². The maximum absolute atomic E-state index is 5.47. The van der Waals surface area contributed by atoms with E-state index in [0.29, 0.717) is 5.92 Å². The number of nitrogens with one attached hydrogen (secondary N) is 2. The number of nitrogens with zero attached hydrogens (tertiary/aromatic N) is 1. The molecule has 0 amide bonds. The largest absolute Gasteiger partial charge is 0.444 e. The van der Waals surface area contributed by atoms with Gasteiger partial charge in [0.15, 0.2) is 5.89 Å². The number of rotatable bonds is 7. The molecule has 1 aromatic rings. The van der Waals surface area contributed by atoms with E-state index in [1.165, 1.54) is 0 Å². The van der Waals surface area contributed by atoms with E-state index in [0.717, 1.165) is 43.5 Å². The average Bonchev–Trinajstić information content (AvgIpc) is 2.50. The van der Waals surface area contributed by atoms with E-state index < -0.39 is 0 Å². The number of hydrogen-bond acceptors (Lipinski definition) is 4. The standard InChI is InChI=1S/C12H23N3O/c1-9(2)7-13-5-6-14-8-12-10(3)15-11(4)16-12/h9,13-14H,5-8H2,1-4H3. The minimum atomic E-state index is 0.708. The maximum atomic E-state index is 5.47. The monoisotopic (exact) mass is 225 g/mol. The Morgan fingerprint density at radius 3 is 2.44 bits per heavy atom. The number of oxazole rings is 1. The summed E-state index contributed by atoms with van der Waals surface area (Å²) in [7, 11) is 0. The van der Waals surface area contributed by atoms with Crippen LogP contribution in [0.2, 0.25) is 0 Å². The Hall–Kier alpha value is -0.870. The second-order valence-corrected chi connectivity index (χ2v) is 4.52. The molecule has 1 rings (SSSR count). The van der Waals surface area contributed by atoms with Gasteiger partial charge in [-0.25, -0.2) is 4.98 Å². The summed E-state index contributed by atoms with van der Waals surface area (Å²) in [6.07, 6.45) is 0. The molecule has 0 saturated carbocycles. The summed E-state index contributed by atoms with van der Waals surface area (Å²) in [5.41, 5.74) is 0.986. The van der Waals surface area contributed by atoms with Gasteiger partial charge in [0.1, 0.15) is 5.76 Å². The SMILES string of the molecule is Cc1nc(C)c(CNCCNCC(C)C)o1. The predicted octanol–water partition coefficient (Wildman–Crippen LogP) is 1.63. The molecule has 2 N–H and O–H groups in total. The highest BCUT2D eigenvalue weighted by Gasteiger charge is 2.05. The second kappa shape index (κ2) is 6.66. The molecule has 0 aliphatic heterocycles. The highest BCUT2D eigenvalue weighted by Crippen LogP contribution is 2.08. The number of aromatic nitrogens is 1. The van der Waals surface area contributed by atoms with Crippen molar-refractivity contribution in [3.8, 4) is 0 Å². The van der Waals surface area contributed by atoms with Crippen molar-refractivity contribution in [1.29, 1.82) is 0 Å². The van der Waals surface area contributed by atoms with Crippen molar-refractivity contribution in [1.82, 2.24) is 15.6 Å². The fraction of sp³-hybridized carbons (Fsp3) is 0.750. The molecule has 0 unspecified atom stereocenters. The van der Waals surface area contributed by atoms with Gasteiger partial charge in [-0.05, 0) is 19.4 Å². The van der Waals surface area contributed by atoms with Gasteiger partial charge in [-0.2, -0.15) is 0 Å². The molecule has 1 aromatic heterocycles. The Kier molecular flexibility index (Phi) is 5.49. The van der Waals surface area contributed by atoms with E-state index in [9.17, 15) is 0 Å². The van der Waals surface area contributed by atoms with Gasteiger partial charge in [0.05, 0.1) is 12.2 Å². The summed E-state index contributed by atoms with van der Waals surface area (Å²) >= 11 is 0. The normalized spacial score (nSPS) is 11.3. The third-order valence-corrected chi connectivity index (χ3v) is 2.32. The molecule has 0 atom stereocenters. The Bertz CT molecular complexity index is 307. The van der Waals surface area contributed by atoms with Crippen molar-refractivity contribution in [2.75, 3.05) is 19.6 Å². The molecule has 0 aromatic carbocycles. The first kappa shape index (κ1) is 13.2. The fourth-order valence-electron chi connectivity index (χ4n) is 1.51. The average molecular weight is 225 g/mol. The first-order valence-electron chi connectivity index (χ1n) is 5.94. The summed E-state index contributed by atoms with van der Waals surface area (Å²) in [6, 6.07) is 0. The van der Waals surface area contributed by atoms with Crippen LogP contribution in [0.4, 0.5) is 0 Å². The van der Waals surface area contributed by atoms with Crippen molar-refractivity contribution < 1.29 is 4.42 Å². The van der Waals surface area contributed by atoms with Gasteiger partial charge in [0, 0.05) is 20.0 Å². The molecule has 1 heterocycles. The van der Waals surface area contributed by atoms with E-state index in [4.69, 9.17) is 4.42 Å². The highest BCUT2D eigenvalue weighted by molar-refractivity contribution is 5.06. The molecular formula is C12H23N3O. The lowest BCUT2D eigenvalue weighted by Crippen LogP contribution is -2.29. The number of aryl methyl sites for hydroxylation is 2. The zero-order chi connectivity index (χ0) is 12.0. The molecule has 0 saturated heterocycles. The second-order valence-electron chi connectivity index (χ2n) is 4.52. The zero-order valence-corrected chi connectivity index (χ0v) is 10.8. The molecule has 4 nitrogen and oxygen atoms in total. The van der Waals surface area contributed by atoms with Gasteiger partial charge >= 0.3 is 0 Å². The predicted molar refractivity (Wildman–Crippen MR) is 65.4 cm³/mol. The molecule has 0 aliphatic rings. The molecule has 0 bridgehead atoms. The topological polar surface area (TPSA) is 50.1 Å². The summed E-state index contributed by atoms with van der Waals surface area (Å²) < 4.78 is 5.47. The van der Waals surface area contributed by atoms with Crippen LogP contribution < -0.4 is 10.6 Å². The van der Waals surface area contributed by atoms with Gasteiger partial charge in [-0.15, -0.1) is 0 Å². The summed E-state index contributed by atoms with van der Waals surface area (Å²) in [5, 5.41) is 6.72. The summed E-state index contributed by atoms with van der Waals surface area (Å²) in [4.78, 5) is 4.23. The van der Waals surface area contributed by atoms with Gasteiger partial charge < -0.3 is 15.1 Å². The molecule has 92 valence electrons. The number of hydrogen-bond donors (Lipinski definition) is 2. The van der Waals surface area contributed by atoms with E-state index >= 15 is 0 Å². The van der Waals surface area contributed by atoms with Crippen LogP contribution in [-0.4, -0.2) is 24.6 Å². The van der Waals surface area contributed by atoms with E-state index in [1.807, 2.05) is 13.8 Å². The van der Waals surface area contributed by atoms with Crippen LogP contribution in [0, 0.1) is 19.8 Å². The van der Waals surface area contributed by atoms with Crippen molar-refractivity contribution in [2.24, 2.45) is 5.92 Å². The smallest absolute Gasteiger partial charge is 0.191 e. The van der Waals surface area contributed by atoms with Gasteiger partial charge in [0.2, 0.25) is 0 Å². The lowest BCUT2D eigenvalue weighted by Gasteiger charge is -2.07. The molecule has 4 heteroatoms. The Balaban J connectivity index is 2.09. The van der Waals surface area contributed by atoms with Gasteiger partial charge in [0.25, 0.3) is 0 Å². The van der Waals surface area contributed by atoms with Crippen LogP contribution in [0.1, 0.15) is 31.2 Å². The molecule has 16 heavy (non-hydrogen) atoms. The Labute approximate surface area is 97.8 Å². The third kappa shape index (κ3) is 4.77. The van der Waals surface area contributed by atoms with Crippen LogP contribution in [0.5, 0.6) is 0 Å². The highest BCUT2D eigenvalue weighted by atomic mass is 16.4. The van der Waals surface area contributed by atoms with Crippen LogP contribution in [0.15, 0.2) is 4.42 Å². The van der Waals surface area contributed by atoms with Crippen LogP contribution >= 0.6 is 0 Å². The van der Waals surface area contributed by atoms with E-state index in [-0.39, 0.29) is 0 Å². The summed E-state index contributed by atoms with van der Waals surface area (Å²) in [6.45, 7) is 12.0. The Morgan fingerprint density at radius 1 is 1.19 bits per heavy atom. The van der Waals surface area contributed by atoms with Crippen LogP contribution in [0.25, 0.3) is 0 Å². The zero-order valence-electron chi connectivity index (χ0n) is 10.8. The fourth-order valence-corrected chi connectivity index (χ4v) is 1.51. The minimum absolute atomic E-state index is 0.708. The van der Waals surface area contributed by atoms with Gasteiger partial charge in [-0.1, -0.05) is 13.8 Å². The quantitative estimate of drug-likeness (QED) is 0.692. The van der Waals surface area contributed by atoms with Crippen molar-refractivity contribution in [3.63, 3.8) is 0 Å². The van der Waals surface area contributed by atoms with Crippen LogP contribution in [-0.2, 0) is 6.54 Å². The lowest BCUT2D eigenvalue weighted by molar-refractivity contribution is 0.450. The van der Waals surface area contributed by atoms with Crippen molar-refractivity contribution >= 4 is 0 Å². The summed E-state index contributed by atoms with van der Waals surface area (Å²) in [5.74, 6) is 2.40. The van der Waals surface area contributed by atoms with E-state index in [2.05, 4.69) is 29.5 Å². The minimum Gasteiger partial charge on any atom is -0.444 e. The van der Waals surface area contributed by atoms with E-state index in [1.54, 1.807) is 0 Å². The molecule has 0 fully saturated rings. The molecule has 0 spiro atoms. The van der Waals surface area contributed by atoms with Crippen molar-refractivity contribution in [3.05, 3.63) is 17.3 Å². The molecule has 0 aliphatic carbocycles. The molecule has 0 radical (unpaired) electrons. The first-order chi connectivity index (χ1) is 7.59. The Morgan fingerprint density at radius 2 is 1.88 bits per heavy atom. The van der Waals surface area contributed by atoms with Crippen molar-refractivity contribution in [2.45, 2.75) is 34.2 Å².